The van der Waals surface area contributed by atoms with Gasteiger partial charge in [0.2, 0.25) is 0 Å². The molecule has 0 aliphatic rings. The lowest BCUT2D eigenvalue weighted by Gasteiger charge is -2.17. The zero-order valence-electron chi connectivity index (χ0n) is 10.3. The molecular formula is C14H12BrFN2O. The van der Waals surface area contributed by atoms with Crippen LogP contribution in [0, 0.1) is 5.82 Å². The van der Waals surface area contributed by atoms with Gasteiger partial charge >= 0.3 is 0 Å². The van der Waals surface area contributed by atoms with Crippen molar-refractivity contribution >= 4 is 21.8 Å². The summed E-state index contributed by atoms with van der Waals surface area (Å²) in [4.78, 5) is 17.7. The van der Waals surface area contributed by atoms with Crippen molar-refractivity contribution in [3.8, 4) is 0 Å². The first-order valence-electron chi connectivity index (χ1n) is 5.68. The van der Waals surface area contributed by atoms with Crippen molar-refractivity contribution in [1.29, 1.82) is 0 Å². The molecule has 0 saturated carbocycles. The third kappa shape index (κ3) is 3.61. The van der Waals surface area contributed by atoms with Gasteiger partial charge in [-0.3, -0.25) is 4.79 Å². The predicted molar refractivity (Wildman–Crippen MR) is 74.1 cm³/mol. The van der Waals surface area contributed by atoms with Crippen LogP contribution in [0.1, 0.15) is 15.9 Å². The number of hydrogen-bond donors (Lipinski definition) is 0. The summed E-state index contributed by atoms with van der Waals surface area (Å²) in [6.07, 6.45) is 1.57. The number of hydrogen-bond acceptors (Lipinski definition) is 2. The fourth-order valence-corrected chi connectivity index (χ4v) is 2.06. The van der Waals surface area contributed by atoms with E-state index in [9.17, 15) is 9.18 Å². The highest BCUT2D eigenvalue weighted by Crippen LogP contribution is 2.12. The highest BCUT2D eigenvalue weighted by molar-refractivity contribution is 9.10. The van der Waals surface area contributed by atoms with Gasteiger partial charge in [-0.1, -0.05) is 12.1 Å². The zero-order valence-corrected chi connectivity index (χ0v) is 11.9. The molecule has 3 nitrogen and oxygen atoms in total. The van der Waals surface area contributed by atoms with Gasteiger partial charge in [0.15, 0.2) is 0 Å². The van der Waals surface area contributed by atoms with Crippen LogP contribution in [-0.2, 0) is 6.54 Å². The number of nitrogens with zero attached hydrogens (tertiary/aromatic N) is 2. The average molecular weight is 323 g/mol. The fraction of sp³-hybridized carbons (Fsp3) is 0.143. The van der Waals surface area contributed by atoms with Gasteiger partial charge in [-0.05, 0) is 45.8 Å². The van der Waals surface area contributed by atoms with Crippen molar-refractivity contribution in [2.45, 2.75) is 6.54 Å². The van der Waals surface area contributed by atoms with E-state index in [1.54, 1.807) is 42.4 Å². The molecule has 98 valence electrons. The van der Waals surface area contributed by atoms with Crippen LogP contribution in [0.3, 0.4) is 0 Å². The van der Waals surface area contributed by atoms with Gasteiger partial charge in [-0.25, -0.2) is 9.37 Å². The standard InChI is InChI=1S/C14H12BrFN2O/c1-18(9-10-2-4-12(16)5-3-10)14(19)11-6-7-17-13(15)8-11/h2-8H,9H2,1H3. The molecule has 0 unspecified atom stereocenters. The second kappa shape index (κ2) is 5.93. The van der Waals surface area contributed by atoms with Crippen LogP contribution < -0.4 is 0 Å². The van der Waals surface area contributed by atoms with E-state index < -0.39 is 0 Å². The molecule has 0 N–H and O–H groups in total. The highest BCUT2D eigenvalue weighted by Gasteiger charge is 2.12. The van der Waals surface area contributed by atoms with Crippen LogP contribution in [0.15, 0.2) is 47.2 Å². The first-order chi connectivity index (χ1) is 9.06. The molecule has 0 bridgehead atoms. The molecule has 0 saturated heterocycles. The monoisotopic (exact) mass is 322 g/mol. The lowest BCUT2D eigenvalue weighted by Crippen LogP contribution is -2.26. The molecule has 1 amide bonds. The van der Waals surface area contributed by atoms with Gasteiger partial charge in [-0.2, -0.15) is 0 Å². The molecule has 0 aliphatic carbocycles. The van der Waals surface area contributed by atoms with Gasteiger partial charge in [0, 0.05) is 25.4 Å². The Kier molecular flexibility index (Phi) is 4.27. The SMILES string of the molecule is CN(Cc1ccc(F)cc1)C(=O)c1ccnc(Br)c1. The number of aromatic nitrogens is 1. The van der Waals surface area contributed by atoms with Crippen LogP contribution in [0.4, 0.5) is 4.39 Å². The second-order valence-electron chi connectivity index (χ2n) is 4.15. The van der Waals surface area contributed by atoms with E-state index >= 15 is 0 Å². The molecule has 0 spiro atoms. The van der Waals surface area contributed by atoms with Crippen LogP contribution >= 0.6 is 15.9 Å². The summed E-state index contributed by atoms with van der Waals surface area (Å²) in [5.41, 5.74) is 1.44. The lowest BCUT2D eigenvalue weighted by molar-refractivity contribution is 0.0785. The molecular weight excluding hydrogens is 311 g/mol. The van der Waals surface area contributed by atoms with Gasteiger partial charge in [0.1, 0.15) is 10.4 Å². The number of carbonyl (C=O) groups is 1. The summed E-state index contributed by atoms with van der Waals surface area (Å²) in [6.45, 7) is 0.430. The number of halogens is 2. The van der Waals surface area contributed by atoms with E-state index in [-0.39, 0.29) is 11.7 Å². The summed E-state index contributed by atoms with van der Waals surface area (Å²) >= 11 is 3.23. The van der Waals surface area contributed by atoms with E-state index in [2.05, 4.69) is 20.9 Å². The Bertz CT molecular complexity index is 586. The molecule has 19 heavy (non-hydrogen) atoms. The van der Waals surface area contributed by atoms with Crippen molar-refractivity contribution in [2.75, 3.05) is 7.05 Å². The number of amides is 1. The molecule has 0 aliphatic heterocycles. The van der Waals surface area contributed by atoms with Gasteiger partial charge < -0.3 is 4.90 Å². The lowest BCUT2D eigenvalue weighted by atomic mass is 10.2. The van der Waals surface area contributed by atoms with Crippen molar-refractivity contribution in [3.63, 3.8) is 0 Å². The topological polar surface area (TPSA) is 33.2 Å². The van der Waals surface area contributed by atoms with Crippen molar-refractivity contribution in [1.82, 2.24) is 9.88 Å². The minimum Gasteiger partial charge on any atom is -0.337 e. The normalized spacial score (nSPS) is 10.3. The zero-order chi connectivity index (χ0) is 13.8. The number of pyridine rings is 1. The number of carbonyl (C=O) groups excluding carboxylic acids is 1. The summed E-state index contributed by atoms with van der Waals surface area (Å²) in [6, 6.07) is 9.44. The average Bonchev–Trinajstić information content (AvgIpc) is 2.40. The smallest absolute Gasteiger partial charge is 0.254 e. The maximum Gasteiger partial charge on any atom is 0.254 e. The number of rotatable bonds is 3. The van der Waals surface area contributed by atoms with Crippen LogP contribution in [0.25, 0.3) is 0 Å². The molecule has 1 heterocycles. The third-order valence-corrected chi connectivity index (χ3v) is 3.09. The van der Waals surface area contributed by atoms with Crippen molar-refractivity contribution in [2.24, 2.45) is 0 Å². The minimum atomic E-state index is -0.282. The van der Waals surface area contributed by atoms with E-state index in [0.717, 1.165) is 5.56 Å². The second-order valence-corrected chi connectivity index (χ2v) is 4.97. The maximum atomic E-state index is 12.8. The Morgan fingerprint density at radius 2 is 2.00 bits per heavy atom. The highest BCUT2D eigenvalue weighted by atomic mass is 79.9. The van der Waals surface area contributed by atoms with Crippen LogP contribution in [0.2, 0.25) is 0 Å². The Hall–Kier alpha value is -1.75. The van der Waals surface area contributed by atoms with Crippen molar-refractivity contribution in [3.05, 3.63) is 64.1 Å². The largest absolute Gasteiger partial charge is 0.337 e. The minimum absolute atomic E-state index is 0.104. The molecule has 0 fully saturated rings. The quantitative estimate of drug-likeness (QED) is 0.813. The molecule has 0 atom stereocenters. The Balaban J connectivity index is 2.09. The van der Waals surface area contributed by atoms with Gasteiger partial charge in [-0.15, -0.1) is 0 Å². The summed E-state index contributed by atoms with van der Waals surface area (Å²) < 4.78 is 13.4. The first-order valence-corrected chi connectivity index (χ1v) is 6.47. The van der Waals surface area contributed by atoms with Gasteiger partial charge in [0.25, 0.3) is 5.91 Å². The summed E-state index contributed by atoms with van der Waals surface area (Å²) in [5.74, 6) is -0.386. The summed E-state index contributed by atoms with van der Waals surface area (Å²) in [5, 5.41) is 0. The Labute approximate surface area is 119 Å². The third-order valence-electron chi connectivity index (χ3n) is 2.65. The van der Waals surface area contributed by atoms with Crippen molar-refractivity contribution < 1.29 is 9.18 Å². The maximum absolute atomic E-state index is 12.8. The molecule has 2 rings (SSSR count). The first kappa shape index (κ1) is 13.7. The number of benzene rings is 1. The molecule has 1 aromatic carbocycles. The molecule has 1 aromatic heterocycles. The fourth-order valence-electron chi connectivity index (χ4n) is 1.69. The Morgan fingerprint density at radius 3 is 2.63 bits per heavy atom. The predicted octanol–water partition coefficient (Wildman–Crippen LogP) is 3.26. The van der Waals surface area contributed by atoms with Crippen LogP contribution in [0.5, 0.6) is 0 Å². The van der Waals surface area contributed by atoms with Crippen LogP contribution in [-0.4, -0.2) is 22.8 Å². The molecule has 2 aromatic rings. The summed E-state index contributed by atoms with van der Waals surface area (Å²) in [7, 11) is 1.71. The van der Waals surface area contributed by atoms with Gasteiger partial charge in [0.05, 0.1) is 0 Å². The van der Waals surface area contributed by atoms with E-state index in [1.807, 2.05) is 0 Å². The molecule has 0 radical (unpaired) electrons. The van der Waals surface area contributed by atoms with E-state index in [4.69, 9.17) is 0 Å². The van der Waals surface area contributed by atoms with E-state index in [0.29, 0.717) is 16.7 Å². The molecule has 5 heteroatoms. The van der Waals surface area contributed by atoms with E-state index in [1.165, 1.54) is 12.1 Å². The Morgan fingerprint density at radius 1 is 1.32 bits per heavy atom.